The third-order valence-corrected chi connectivity index (χ3v) is 5.63. The minimum Gasteiger partial charge on any atom is -0.490 e. The number of amides is 1. The van der Waals surface area contributed by atoms with Crippen LogP contribution in [0, 0.1) is 5.82 Å². The fourth-order valence-corrected chi connectivity index (χ4v) is 4.06. The lowest BCUT2D eigenvalue weighted by Crippen LogP contribution is -2.31. The molecule has 1 aliphatic rings. The minimum absolute atomic E-state index is 0.212. The van der Waals surface area contributed by atoms with Gasteiger partial charge in [0, 0.05) is 12.6 Å². The number of benzene rings is 2. The molecule has 2 aromatic rings. The number of rotatable bonds is 9. The summed E-state index contributed by atoms with van der Waals surface area (Å²) in [6.45, 7) is 5.15. The molecule has 0 spiro atoms. The van der Waals surface area contributed by atoms with E-state index in [2.05, 4.69) is 9.73 Å². The molecule has 1 amide bonds. The van der Waals surface area contributed by atoms with Crippen molar-refractivity contribution in [2.75, 3.05) is 26.9 Å². The highest BCUT2D eigenvalue weighted by atomic mass is 32.2. The second-order valence-electron chi connectivity index (χ2n) is 6.86. The summed E-state index contributed by atoms with van der Waals surface area (Å²) < 4.78 is 29.2. The zero-order valence-electron chi connectivity index (χ0n) is 18.7. The summed E-state index contributed by atoms with van der Waals surface area (Å²) in [4.78, 5) is 30.9. The number of hydrogen-bond acceptors (Lipinski definition) is 7. The number of nitrogens with zero attached hydrogens (tertiary/aromatic N) is 2. The van der Waals surface area contributed by atoms with Gasteiger partial charge in [-0.1, -0.05) is 6.07 Å². The predicted molar refractivity (Wildman–Crippen MR) is 125 cm³/mol. The van der Waals surface area contributed by atoms with Gasteiger partial charge in [0.25, 0.3) is 5.91 Å². The molecule has 0 aliphatic carbocycles. The van der Waals surface area contributed by atoms with E-state index in [4.69, 9.17) is 9.47 Å². The van der Waals surface area contributed by atoms with Crippen LogP contribution in [0.1, 0.15) is 19.4 Å². The van der Waals surface area contributed by atoms with E-state index in [0.29, 0.717) is 48.5 Å². The third-order valence-electron chi connectivity index (χ3n) is 4.62. The Morgan fingerprint density at radius 3 is 2.45 bits per heavy atom. The molecule has 0 saturated carbocycles. The SMILES string of the molecule is CCOc1ccc(CCN2C(=O)/C(=C\C(=O)OC)SC2=Nc2ccc(F)cc2)cc1OCC. The van der Waals surface area contributed by atoms with Crippen molar-refractivity contribution in [3.8, 4) is 11.5 Å². The number of carbonyl (C=O) groups excluding carboxylic acids is 2. The van der Waals surface area contributed by atoms with Gasteiger partial charge in [0.2, 0.25) is 0 Å². The van der Waals surface area contributed by atoms with Crippen molar-refractivity contribution in [1.29, 1.82) is 0 Å². The summed E-state index contributed by atoms with van der Waals surface area (Å²) in [6.07, 6.45) is 1.67. The van der Waals surface area contributed by atoms with E-state index in [1.807, 2.05) is 32.0 Å². The third kappa shape index (κ3) is 6.35. The summed E-state index contributed by atoms with van der Waals surface area (Å²) in [6, 6.07) is 11.3. The van der Waals surface area contributed by atoms with Crippen molar-refractivity contribution in [1.82, 2.24) is 4.90 Å². The van der Waals surface area contributed by atoms with Crippen LogP contribution in [0.4, 0.5) is 10.1 Å². The maximum Gasteiger partial charge on any atom is 0.331 e. The largest absolute Gasteiger partial charge is 0.490 e. The Labute approximate surface area is 196 Å². The molecule has 33 heavy (non-hydrogen) atoms. The van der Waals surface area contributed by atoms with Crippen LogP contribution in [0.3, 0.4) is 0 Å². The molecular weight excluding hydrogens is 447 g/mol. The monoisotopic (exact) mass is 472 g/mol. The molecule has 0 unspecified atom stereocenters. The standard InChI is InChI=1S/C24H25FN2O5S/c1-4-31-19-11-6-16(14-20(19)32-5-2)12-13-27-23(29)21(15-22(28)30-3)33-24(27)26-18-9-7-17(25)8-10-18/h6-11,14-15H,4-5,12-13H2,1-3H3/b21-15+,26-24?. The predicted octanol–water partition coefficient (Wildman–Crippen LogP) is 4.49. The first-order valence-corrected chi connectivity index (χ1v) is 11.3. The second kappa shape index (κ2) is 11.5. The van der Waals surface area contributed by atoms with Crippen molar-refractivity contribution in [3.63, 3.8) is 0 Å². The molecule has 0 atom stereocenters. The number of methoxy groups -OCH3 is 1. The Hall–Kier alpha value is -3.33. The highest BCUT2D eigenvalue weighted by molar-refractivity contribution is 8.18. The number of esters is 1. The van der Waals surface area contributed by atoms with Gasteiger partial charge in [0.1, 0.15) is 5.82 Å². The van der Waals surface area contributed by atoms with Gasteiger partial charge in [0.05, 0.1) is 30.9 Å². The molecule has 7 nitrogen and oxygen atoms in total. The van der Waals surface area contributed by atoms with Gasteiger partial charge in [-0.15, -0.1) is 0 Å². The van der Waals surface area contributed by atoms with Crippen molar-refractivity contribution in [2.24, 2.45) is 4.99 Å². The number of aliphatic imine (C=N–C) groups is 1. The lowest BCUT2D eigenvalue weighted by molar-refractivity contribution is -0.135. The van der Waals surface area contributed by atoms with Crippen LogP contribution in [-0.4, -0.2) is 48.8 Å². The number of hydrogen-bond donors (Lipinski definition) is 0. The van der Waals surface area contributed by atoms with Crippen LogP contribution in [-0.2, 0) is 20.7 Å². The second-order valence-corrected chi connectivity index (χ2v) is 7.87. The smallest absolute Gasteiger partial charge is 0.331 e. The lowest BCUT2D eigenvalue weighted by atomic mass is 10.1. The van der Waals surface area contributed by atoms with Gasteiger partial charge in [-0.05, 0) is 74.0 Å². The van der Waals surface area contributed by atoms with Crippen LogP contribution in [0.5, 0.6) is 11.5 Å². The molecule has 3 rings (SSSR count). The summed E-state index contributed by atoms with van der Waals surface area (Å²) in [5.74, 6) is -0.0371. The van der Waals surface area contributed by atoms with Gasteiger partial charge >= 0.3 is 5.97 Å². The van der Waals surface area contributed by atoms with E-state index in [1.54, 1.807) is 0 Å². The number of ether oxygens (including phenoxy) is 3. The fourth-order valence-electron chi connectivity index (χ4n) is 3.07. The van der Waals surface area contributed by atoms with Crippen molar-refractivity contribution >= 4 is 34.5 Å². The molecule has 1 saturated heterocycles. The Morgan fingerprint density at radius 2 is 1.79 bits per heavy atom. The first-order valence-electron chi connectivity index (χ1n) is 10.5. The van der Waals surface area contributed by atoms with Crippen molar-refractivity contribution in [3.05, 3.63) is 64.8 Å². The van der Waals surface area contributed by atoms with E-state index in [9.17, 15) is 14.0 Å². The van der Waals surface area contributed by atoms with Crippen molar-refractivity contribution in [2.45, 2.75) is 20.3 Å². The molecule has 1 fully saturated rings. The van der Waals surface area contributed by atoms with Gasteiger partial charge < -0.3 is 14.2 Å². The summed E-state index contributed by atoms with van der Waals surface area (Å²) in [5.41, 5.74) is 1.45. The van der Waals surface area contributed by atoms with Gasteiger partial charge in [0.15, 0.2) is 16.7 Å². The Balaban J connectivity index is 1.85. The highest BCUT2D eigenvalue weighted by Gasteiger charge is 2.34. The fraction of sp³-hybridized carbons (Fsp3) is 0.292. The van der Waals surface area contributed by atoms with E-state index >= 15 is 0 Å². The first-order chi connectivity index (χ1) is 15.9. The Morgan fingerprint density at radius 1 is 1.09 bits per heavy atom. The Bertz CT molecular complexity index is 1070. The maximum absolute atomic E-state index is 13.3. The summed E-state index contributed by atoms with van der Waals surface area (Å²) in [5, 5.41) is 0.401. The van der Waals surface area contributed by atoms with Crippen LogP contribution in [0.15, 0.2) is 58.4 Å². The number of amidine groups is 1. The molecule has 0 N–H and O–H groups in total. The maximum atomic E-state index is 13.3. The highest BCUT2D eigenvalue weighted by Crippen LogP contribution is 2.34. The molecule has 2 aromatic carbocycles. The van der Waals surface area contributed by atoms with Gasteiger partial charge in [-0.25, -0.2) is 14.2 Å². The lowest BCUT2D eigenvalue weighted by Gasteiger charge is -2.17. The van der Waals surface area contributed by atoms with E-state index in [0.717, 1.165) is 23.4 Å². The summed E-state index contributed by atoms with van der Waals surface area (Å²) in [7, 11) is 1.25. The molecule has 0 bridgehead atoms. The number of carbonyl (C=O) groups is 2. The molecular formula is C24H25FN2O5S. The van der Waals surface area contributed by atoms with E-state index in [-0.39, 0.29) is 16.6 Å². The van der Waals surface area contributed by atoms with E-state index < -0.39 is 5.97 Å². The van der Waals surface area contributed by atoms with Crippen LogP contribution < -0.4 is 9.47 Å². The molecule has 0 radical (unpaired) electrons. The molecule has 1 aliphatic heterocycles. The topological polar surface area (TPSA) is 77.4 Å². The van der Waals surface area contributed by atoms with E-state index in [1.165, 1.54) is 36.3 Å². The molecule has 174 valence electrons. The summed E-state index contributed by atoms with van der Waals surface area (Å²) >= 11 is 1.07. The number of thioether (sulfide) groups is 1. The average Bonchev–Trinajstić information content (AvgIpc) is 3.09. The van der Waals surface area contributed by atoms with Crippen LogP contribution in [0.2, 0.25) is 0 Å². The Kier molecular flexibility index (Phi) is 8.48. The average molecular weight is 473 g/mol. The zero-order chi connectivity index (χ0) is 23.8. The van der Waals surface area contributed by atoms with Crippen molar-refractivity contribution < 1.29 is 28.2 Å². The van der Waals surface area contributed by atoms with Gasteiger partial charge in [-0.2, -0.15) is 0 Å². The normalized spacial score (nSPS) is 15.9. The number of halogens is 1. The van der Waals surface area contributed by atoms with Crippen LogP contribution >= 0.6 is 11.8 Å². The zero-order valence-corrected chi connectivity index (χ0v) is 19.5. The minimum atomic E-state index is -0.623. The van der Waals surface area contributed by atoms with Gasteiger partial charge in [-0.3, -0.25) is 9.69 Å². The molecule has 1 heterocycles. The first kappa shape index (κ1) is 24.3. The van der Waals surface area contributed by atoms with Crippen LogP contribution in [0.25, 0.3) is 0 Å². The molecule has 0 aromatic heterocycles. The quantitative estimate of drug-likeness (QED) is 0.396. The molecule has 9 heteroatoms.